The molecular weight excluding hydrogens is 312 g/mol. The lowest BCUT2D eigenvalue weighted by molar-refractivity contribution is -0.0730. The Labute approximate surface area is 139 Å². The minimum Gasteiger partial charge on any atom is -0.504 e. The number of ether oxygens (including phenoxy) is 4. The highest BCUT2D eigenvalue weighted by Gasteiger charge is 2.38. The molecule has 0 aliphatic carbocycles. The SMILES string of the molecule is COc1cccc([C@H]2c3cc4c(cc3O[C@H](O)[C@@H]2C)OCO4)c1O. The molecule has 6 nitrogen and oxygen atoms in total. The van der Waals surface area contributed by atoms with Crippen LogP contribution in [0.5, 0.6) is 28.7 Å². The Bertz CT molecular complexity index is 787. The van der Waals surface area contributed by atoms with Gasteiger partial charge in [-0.15, -0.1) is 0 Å². The van der Waals surface area contributed by atoms with Crippen LogP contribution in [-0.4, -0.2) is 30.4 Å². The van der Waals surface area contributed by atoms with Gasteiger partial charge in [-0.3, -0.25) is 0 Å². The molecule has 2 aliphatic heterocycles. The molecule has 4 rings (SSSR count). The molecule has 0 saturated heterocycles. The number of aliphatic hydroxyl groups is 1. The molecule has 2 N–H and O–H groups in total. The van der Waals surface area contributed by atoms with Gasteiger partial charge >= 0.3 is 0 Å². The monoisotopic (exact) mass is 330 g/mol. The number of phenols is 1. The van der Waals surface area contributed by atoms with Crippen LogP contribution in [0.4, 0.5) is 0 Å². The fraction of sp³-hybridized carbons (Fsp3) is 0.333. The fourth-order valence-corrected chi connectivity index (χ4v) is 3.38. The fourth-order valence-electron chi connectivity index (χ4n) is 3.38. The van der Waals surface area contributed by atoms with Gasteiger partial charge in [0.05, 0.1) is 7.11 Å². The molecule has 2 aliphatic rings. The van der Waals surface area contributed by atoms with Crippen molar-refractivity contribution in [1.82, 2.24) is 0 Å². The summed E-state index contributed by atoms with van der Waals surface area (Å²) < 4.78 is 21.7. The van der Waals surface area contributed by atoms with Crippen LogP contribution >= 0.6 is 0 Å². The molecule has 0 radical (unpaired) electrons. The second-order valence-corrected chi connectivity index (χ2v) is 5.99. The Kier molecular flexibility index (Phi) is 3.42. The standard InChI is InChI=1S/C18H18O6/c1-9-16(10-4-3-5-12(21-2)17(10)19)11-6-14-15(23-8-22-14)7-13(11)24-18(9)20/h3-7,9,16,18-20H,8H2,1-2H3/t9-,16+,18+/m1/s1. The van der Waals surface area contributed by atoms with Crippen molar-refractivity contribution in [3.05, 3.63) is 41.5 Å². The maximum absolute atomic E-state index is 10.6. The zero-order valence-corrected chi connectivity index (χ0v) is 13.4. The molecule has 0 saturated carbocycles. The van der Waals surface area contributed by atoms with Crippen molar-refractivity contribution >= 4 is 0 Å². The molecule has 0 amide bonds. The summed E-state index contributed by atoms with van der Waals surface area (Å²) in [5.74, 6) is 1.66. The molecule has 126 valence electrons. The number of aliphatic hydroxyl groups excluding tert-OH is 1. The van der Waals surface area contributed by atoms with Crippen molar-refractivity contribution in [3.63, 3.8) is 0 Å². The first kappa shape index (κ1) is 15.0. The molecule has 0 unspecified atom stereocenters. The van der Waals surface area contributed by atoms with Crippen molar-refractivity contribution < 1.29 is 29.2 Å². The van der Waals surface area contributed by atoms with Crippen LogP contribution in [0, 0.1) is 5.92 Å². The Hall–Kier alpha value is -2.60. The van der Waals surface area contributed by atoms with Gasteiger partial charge in [0, 0.05) is 29.0 Å². The number of aromatic hydroxyl groups is 1. The van der Waals surface area contributed by atoms with Crippen molar-refractivity contribution in [2.45, 2.75) is 19.1 Å². The number of hydrogen-bond donors (Lipinski definition) is 2. The smallest absolute Gasteiger partial charge is 0.231 e. The summed E-state index contributed by atoms with van der Waals surface area (Å²) in [6.45, 7) is 2.03. The van der Waals surface area contributed by atoms with Gasteiger partial charge in [0.15, 0.2) is 23.0 Å². The number of rotatable bonds is 2. The van der Waals surface area contributed by atoms with Crippen molar-refractivity contribution in [1.29, 1.82) is 0 Å². The van der Waals surface area contributed by atoms with Crippen LogP contribution in [0.3, 0.4) is 0 Å². The van der Waals surface area contributed by atoms with E-state index < -0.39 is 6.29 Å². The lowest BCUT2D eigenvalue weighted by Crippen LogP contribution is -2.34. The van der Waals surface area contributed by atoms with E-state index in [9.17, 15) is 10.2 Å². The molecule has 0 fully saturated rings. The summed E-state index contributed by atoms with van der Waals surface area (Å²) in [6, 6.07) is 8.90. The lowest BCUT2D eigenvalue weighted by Gasteiger charge is -2.36. The average Bonchev–Trinajstić information content (AvgIpc) is 3.02. The molecule has 0 aromatic heterocycles. The van der Waals surface area contributed by atoms with Gasteiger partial charge in [0.1, 0.15) is 5.75 Å². The van der Waals surface area contributed by atoms with Crippen molar-refractivity contribution in [2.75, 3.05) is 13.9 Å². The van der Waals surface area contributed by atoms with Crippen LogP contribution < -0.4 is 18.9 Å². The zero-order chi connectivity index (χ0) is 16.8. The van der Waals surface area contributed by atoms with E-state index >= 15 is 0 Å². The van der Waals surface area contributed by atoms with Gasteiger partial charge in [0.2, 0.25) is 13.1 Å². The number of methoxy groups -OCH3 is 1. The van der Waals surface area contributed by atoms with E-state index in [2.05, 4.69) is 0 Å². The molecular formula is C18H18O6. The third-order valence-electron chi connectivity index (χ3n) is 4.65. The Morgan fingerprint density at radius 2 is 1.83 bits per heavy atom. The molecule has 3 atom stereocenters. The second kappa shape index (κ2) is 5.49. The second-order valence-electron chi connectivity index (χ2n) is 5.99. The summed E-state index contributed by atoms with van der Waals surface area (Å²) in [5.41, 5.74) is 1.50. The van der Waals surface area contributed by atoms with Crippen LogP contribution in [0.2, 0.25) is 0 Å². The van der Waals surface area contributed by atoms with Gasteiger partial charge in [-0.1, -0.05) is 19.1 Å². The van der Waals surface area contributed by atoms with E-state index in [0.29, 0.717) is 28.6 Å². The Morgan fingerprint density at radius 1 is 1.08 bits per heavy atom. The highest BCUT2D eigenvalue weighted by molar-refractivity contribution is 5.58. The first-order valence-electron chi connectivity index (χ1n) is 7.74. The maximum Gasteiger partial charge on any atom is 0.231 e. The molecule has 2 heterocycles. The summed E-state index contributed by atoms with van der Waals surface area (Å²) in [5, 5.41) is 20.9. The number of phenolic OH excluding ortho intramolecular Hbond substituents is 1. The van der Waals surface area contributed by atoms with E-state index in [1.807, 2.05) is 25.1 Å². The third-order valence-corrected chi connectivity index (χ3v) is 4.65. The van der Waals surface area contributed by atoms with E-state index in [1.165, 1.54) is 7.11 Å². The van der Waals surface area contributed by atoms with E-state index in [4.69, 9.17) is 18.9 Å². The topological polar surface area (TPSA) is 77.4 Å². The summed E-state index contributed by atoms with van der Waals surface area (Å²) in [7, 11) is 1.51. The number of benzene rings is 2. The quantitative estimate of drug-likeness (QED) is 0.881. The van der Waals surface area contributed by atoms with Gasteiger partial charge in [0.25, 0.3) is 0 Å². The Morgan fingerprint density at radius 3 is 2.58 bits per heavy atom. The normalized spacial score (nSPS) is 24.2. The molecule has 2 aromatic rings. The van der Waals surface area contributed by atoms with Crippen LogP contribution in [0.1, 0.15) is 24.0 Å². The van der Waals surface area contributed by atoms with Gasteiger partial charge in [-0.2, -0.15) is 0 Å². The minimum absolute atomic E-state index is 0.0644. The predicted octanol–water partition coefficient (Wildman–Crippen LogP) is 2.61. The van der Waals surface area contributed by atoms with E-state index in [1.54, 1.807) is 12.1 Å². The number of para-hydroxylation sites is 1. The summed E-state index contributed by atoms with van der Waals surface area (Å²) in [4.78, 5) is 0. The molecule has 2 aromatic carbocycles. The largest absolute Gasteiger partial charge is 0.504 e. The van der Waals surface area contributed by atoms with Crippen molar-refractivity contribution in [2.24, 2.45) is 5.92 Å². The van der Waals surface area contributed by atoms with Gasteiger partial charge in [-0.05, 0) is 12.1 Å². The highest BCUT2D eigenvalue weighted by atomic mass is 16.7. The van der Waals surface area contributed by atoms with E-state index in [0.717, 1.165) is 5.56 Å². The van der Waals surface area contributed by atoms with Gasteiger partial charge < -0.3 is 29.2 Å². The van der Waals surface area contributed by atoms with E-state index in [-0.39, 0.29) is 24.4 Å². The summed E-state index contributed by atoms with van der Waals surface area (Å²) >= 11 is 0. The molecule has 6 heteroatoms. The predicted molar refractivity (Wildman–Crippen MR) is 84.9 cm³/mol. The lowest BCUT2D eigenvalue weighted by atomic mass is 9.78. The van der Waals surface area contributed by atoms with Crippen LogP contribution in [0.25, 0.3) is 0 Å². The van der Waals surface area contributed by atoms with Crippen LogP contribution in [0.15, 0.2) is 30.3 Å². The first-order chi connectivity index (χ1) is 11.6. The minimum atomic E-state index is -0.992. The average molecular weight is 330 g/mol. The molecule has 0 bridgehead atoms. The third kappa shape index (κ3) is 2.14. The first-order valence-corrected chi connectivity index (χ1v) is 7.74. The molecule has 24 heavy (non-hydrogen) atoms. The number of fused-ring (bicyclic) bond motifs is 2. The zero-order valence-electron chi connectivity index (χ0n) is 13.4. The number of hydrogen-bond acceptors (Lipinski definition) is 6. The molecule has 0 spiro atoms. The maximum atomic E-state index is 10.6. The van der Waals surface area contributed by atoms with Crippen LogP contribution in [-0.2, 0) is 0 Å². The highest BCUT2D eigenvalue weighted by Crippen LogP contribution is 2.51. The van der Waals surface area contributed by atoms with Crippen molar-refractivity contribution in [3.8, 4) is 28.7 Å². The summed E-state index contributed by atoms with van der Waals surface area (Å²) in [6.07, 6.45) is -0.992. The Balaban J connectivity index is 1.89. The van der Waals surface area contributed by atoms with Gasteiger partial charge in [-0.25, -0.2) is 0 Å².